The topological polar surface area (TPSA) is 66.3 Å². The molecule has 1 saturated heterocycles. The molecule has 6 heteroatoms. The average Bonchev–Trinajstić information content (AvgIpc) is 2.82. The van der Waals surface area contributed by atoms with Crippen molar-refractivity contribution in [2.24, 2.45) is 5.41 Å². The third kappa shape index (κ3) is 2.34. The first kappa shape index (κ1) is 13.3. The summed E-state index contributed by atoms with van der Waals surface area (Å²) in [6, 6.07) is 0. The Morgan fingerprint density at radius 1 is 1.50 bits per heavy atom. The third-order valence-corrected chi connectivity index (χ3v) is 4.12. The molecule has 0 saturated carbocycles. The van der Waals surface area contributed by atoms with E-state index >= 15 is 0 Å². The molecule has 0 radical (unpaired) electrons. The molecule has 0 aliphatic carbocycles. The van der Waals surface area contributed by atoms with Gasteiger partial charge in [0, 0.05) is 30.0 Å². The van der Waals surface area contributed by atoms with E-state index in [2.05, 4.69) is 30.1 Å². The quantitative estimate of drug-likeness (QED) is 0.891. The lowest BCUT2D eigenvalue weighted by molar-refractivity contribution is -0.146. The van der Waals surface area contributed by atoms with Gasteiger partial charge >= 0.3 is 5.97 Å². The van der Waals surface area contributed by atoms with E-state index < -0.39 is 11.4 Å². The van der Waals surface area contributed by atoms with Crippen molar-refractivity contribution in [1.82, 2.24) is 9.36 Å². The van der Waals surface area contributed by atoms with Crippen molar-refractivity contribution >= 4 is 22.6 Å². The van der Waals surface area contributed by atoms with E-state index in [9.17, 15) is 9.90 Å². The Hall–Kier alpha value is -1.17. The lowest BCUT2D eigenvalue weighted by Crippen LogP contribution is -2.31. The third-order valence-electron chi connectivity index (χ3n) is 3.35. The Morgan fingerprint density at radius 2 is 2.17 bits per heavy atom. The maximum absolute atomic E-state index is 11.2. The second kappa shape index (κ2) is 4.19. The summed E-state index contributed by atoms with van der Waals surface area (Å²) in [5, 5.41) is 10.1. The molecule has 18 heavy (non-hydrogen) atoms. The van der Waals surface area contributed by atoms with Gasteiger partial charge in [-0.1, -0.05) is 20.8 Å². The van der Waals surface area contributed by atoms with Gasteiger partial charge in [-0.25, -0.2) is 4.98 Å². The molecule has 0 aromatic carbocycles. The van der Waals surface area contributed by atoms with Crippen LogP contribution >= 0.6 is 11.5 Å². The standard InChI is InChI=1S/C12H19N3O2S/c1-11(2,3)8-13-10(18-14-8)15-6-5-12(4,7-15)9(16)17/h5-7H2,1-4H3,(H,16,17). The smallest absolute Gasteiger partial charge is 0.311 e. The van der Waals surface area contributed by atoms with E-state index in [1.807, 2.05) is 4.90 Å². The first-order valence-corrected chi connectivity index (χ1v) is 6.82. The SMILES string of the molecule is CC1(C(=O)O)CCN(c2nc(C(C)(C)C)ns2)C1. The zero-order valence-corrected chi connectivity index (χ0v) is 12.0. The van der Waals surface area contributed by atoms with Gasteiger partial charge in [0.1, 0.15) is 5.82 Å². The van der Waals surface area contributed by atoms with Gasteiger partial charge in [0.15, 0.2) is 0 Å². The Balaban J connectivity index is 2.15. The Kier molecular flexibility index (Phi) is 3.09. The molecule has 0 amide bonds. The molecule has 0 spiro atoms. The predicted octanol–water partition coefficient (Wildman–Crippen LogP) is 2.14. The molecule has 100 valence electrons. The molecular formula is C12H19N3O2S. The zero-order valence-electron chi connectivity index (χ0n) is 11.2. The summed E-state index contributed by atoms with van der Waals surface area (Å²) < 4.78 is 4.37. The molecule has 2 heterocycles. The fourth-order valence-electron chi connectivity index (χ4n) is 1.95. The molecular weight excluding hydrogens is 250 g/mol. The summed E-state index contributed by atoms with van der Waals surface area (Å²) >= 11 is 1.36. The molecule has 1 N–H and O–H groups in total. The highest BCUT2D eigenvalue weighted by Crippen LogP contribution is 2.35. The van der Waals surface area contributed by atoms with Crippen molar-refractivity contribution in [3.05, 3.63) is 5.82 Å². The van der Waals surface area contributed by atoms with E-state index in [1.54, 1.807) is 6.92 Å². The van der Waals surface area contributed by atoms with Crippen LogP contribution in [0.5, 0.6) is 0 Å². The van der Waals surface area contributed by atoms with E-state index in [0.29, 0.717) is 13.0 Å². The Bertz CT molecular complexity index is 466. The number of nitrogens with zero attached hydrogens (tertiary/aromatic N) is 3. The molecule has 1 aromatic heterocycles. The van der Waals surface area contributed by atoms with Crippen LogP contribution in [0.15, 0.2) is 0 Å². The number of carboxylic acid groups (broad SMARTS) is 1. The highest BCUT2D eigenvalue weighted by molar-refractivity contribution is 7.09. The lowest BCUT2D eigenvalue weighted by atomic mass is 9.90. The summed E-state index contributed by atoms with van der Waals surface area (Å²) in [5.41, 5.74) is -0.724. The number of hydrogen-bond acceptors (Lipinski definition) is 5. The van der Waals surface area contributed by atoms with Crippen LogP contribution in [0, 0.1) is 5.41 Å². The molecule has 1 aliphatic rings. The largest absolute Gasteiger partial charge is 0.481 e. The zero-order chi connectivity index (χ0) is 13.6. The van der Waals surface area contributed by atoms with Crippen molar-refractivity contribution in [3.63, 3.8) is 0 Å². The van der Waals surface area contributed by atoms with Gasteiger partial charge in [-0.15, -0.1) is 0 Å². The van der Waals surface area contributed by atoms with Crippen molar-refractivity contribution < 1.29 is 9.90 Å². The van der Waals surface area contributed by atoms with Crippen LogP contribution in [0.25, 0.3) is 0 Å². The summed E-state index contributed by atoms with van der Waals surface area (Å²) in [6.45, 7) is 9.27. The van der Waals surface area contributed by atoms with Crippen LogP contribution in [-0.4, -0.2) is 33.5 Å². The van der Waals surface area contributed by atoms with Gasteiger partial charge in [0.25, 0.3) is 0 Å². The van der Waals surface area contributed by atoms with Gasteiger partial charge in [0.05, 0.1) is 5.41 Å². The van der Waals surface area contributed by atoms with Gasteiger partial charge in [-0.05, 0) is 13.3 Å². The van der Waals surface area contributed by atoms with Gasteiger partial charge < -0.3 is 10.0 Å². The summed E-state index contributed by atoms with van der Waals surface area (Å²) in [7, 11) is 0. The molecule has 1 fully saturated rings. The van der Waals surface area contributed by atoms with E-state index in [-0.39, 0.29) is 5.41 Å². The molecule has 5 nitrogen and oxygen atoms in total. The predicted molar refractivity (Wildman–Crippen MR) is 71.2 cm³/mol. The van der Waals surface area contributed by atoms with Crippen LogP contribution in [0.1, 0.15) is 39.9 Å². The summed E-state index contributed by atoms with van der Waals surface area (Å²) in [6.07, 6.45) is 0.659. The molecule has 1 unspecified atom stereocenters. The monoisotopic (exact) mass is 269 g/mol. The number of aliphatic carboxylic acids is 1. The fourth-order valence-corrected chi connectivity index (χ4v) is 2.83. The van der Waals surface area contributed by atoms with Crippen molar-refractivity contribution in [2.75, 3.05) is 18.0 Å². The van der Waals surface area contributed by atoms with Gasteiger partial charge in [-0.2, -0.15) is 4.37 Å². The molecule has 1 atom stereocenters. The molecule has 2 rings (SSSR count). The number of anilines is 1. The minimum absolute atomic E-state index is 0.0649. The number of aromatic nitrogens is 2. The Labute approximate surface area is 111 Å². The highest BCUT2D eigenvalue weighted by Gasteiger charge is 2.41. The van der Waals surface area contributed by atoms with Crippen LogP contribution in [0.3, 0.4) is 0 Å². The van der Waals surface area contributed by atoms with E-state index in [1.165, 1.54) is 11.5 Å². The number of carbonyl (C=O) groups is 1. The second-order valence-corrected chi connectivity index (χ2v) is 6.92. The number of rotatable bonds is 2. The van der Waals surface area contributed by atoms with Gasteiger partial charge in [-0.3, -0.25) is 4.79 Å². The lowest BCUT2D eigenvalue weighted by Gasteiger charge is -2.19. The van der Waals surface area contributed by atoms with Crippen LogP contribution in [-0.2, 0) is 10.2 Å². The summed E-state index contributed by atoms with van der Waals surface area (Å²) in [5.74, 6) is 0.0944. The first-order valence-electron chi connectivity index (χ1n) is 6.05. The number of carboxylic acids is 1. The first-order chi connectivity index (χ1) is 8.22. The maximum atomic E-state index is 11.2. The molecule has 1 aliphatic heterocycles. The Morgan fingerprint density at radius 3 is 2.61 bits per heavy atom. The second-order valence-electron chi connectivity index (χ2n) is 6.19. The van der Waals surface area contributed by atoms with E-state index in [4.69, 9.17) is 0 Å². The van der Waals surface area contributed by atoms with Crippen molar-refractivity contribution in [1.29, 1.82) is 0 Å². The summed E-state index contributed by atoms with van der Waals surface area (Å²) in [4.78, 5) is 17.8. The number of hydrogen-bond donors (Lipinski definition) is 1. The van der Waals surface area contributed by atoms with Crippen LogP contribution in [0.4, 0.5) is 5.13 Å². The molecule has 1 aromatic rings. The van der Waals surface area contributed by atoms with Crippen LogP contribution < -0.4 is 4.90 Å². The minimum atomic E-state index is -0.731. The highest BCUT2D eigenvalue weighted by atomic mass is 32.1. The fraction of sp³-hybridized carbons (Fsp3) is 0.750. The van der Waals surface area contributed by atoms with Crippen molar-refractivity contribution in [2.45, 2.75) is 39.5 Å². The molecule has 0 bridgehead atoms. The normalized spacial score (nSPS) is 24.6. The van der Waals surface area contributed by atoms with Crippen LogP contribution in [0.2, 0.25) is 0 Å². The van der Waals surface area contributed by atoms with E-state index in [0.717, 1.165) is 17.5 Å². The van der Waals surface area contributed by atoms with Gasteiger partial charge in [0.2, 0.25) is 5.13 Å². The maximum Gasteiger partial charge on any atom is 0.311 e. The van der Waals surface area contributed by atoms with Crippen molar-refractivity contribution in [3.8, 4) is 0 Å². The average molecular weight is 269 g/mol. The minimum Gasteiger partial charge on any atom is -0.481 e.